The number of aromatic nitrogens is 1. The SMILES string of the molecule is COC(=O)c1ccc(N2C3CCC2CC(O)C3)nc1C. The normalized spacial score (nSPS) is 28.6. The summed E-state index contributed by atoms with van der Waals surface area (Å²) in [5.41, 5.74) is 1.21. The number of methoxy groups -OCH3 is 1. The van der Waals surface area contributed by atoms with Crippen molar-refractivity contribution in [3.05, 3.63) is 23.4 Å². The summed E-state index contributed by atoms with van der Waals surface area (Å²) in [6, 6.07) is 4.43. The lowest BCUT2D eigenvalue weighted by Gasteiger charge is -2.38. The summed E-state index contributed by atoms with van der Waals surface area (Å²) in [4.78, 5) is 18.5. The van der Waals surface area contributed by atoms with Crippen LogP contribution in [-0.4, -0.2) is 41.4 Å². The van der Waals surface area contributed by atoms with Gasteiger partial charge in [0.1, 0.15) is 5.82 Å². The Balaban J connectivity index is 1.88. The molecule has 0 spiro atoms. The molecule has 5 heteroatoms. The fourth-order valence-electron chi connectivity index (χ4n) is 3.54. The number of fused-ring (bicyclic) bond motifs is 2. The smallest absolute Gasteiger partial charge is 0.339 e. The summed E-state index contributed by atoms with van der Waals surface area (Å²) in [5.74, 6) is 0.563. The molecule has 1 N–H and O–H groups in total. The first-order chi connectivity index (χ1) is 9.60. The number of nitrogens with zero attached hydrogens (tertiary/aromatic N) is 2. The number of piperidine rings is 1. The number of aliphatic hydroxyl groups is 1. The first-order valence-electron chi connectivity index (χ1n) is 7.12. The molecule has 2 bridgehead atoms. The van der Waals surface area contributed by atoms with Crippen LogP contribution in [0.15, 0.2) is 12.1 Å². The van der Waals surface area contributed by atoms with Crippen molar-refractivity contribution in [2.75, 3.05) is 12.0 Å². The zero-order chi connectivity index (χ0) is 14.3. The minimum absolute atomic E-state index is 0.181. The molecule has 1 aromatic heterocycles. The Morgan fingerprint density at radius 2 is 2.00 bits per heavy atom. The van der Waals surface area contributed by atoms with E-state index < -0.39 is 0 Å². The number of ether oxygens (including phenoxy) is 1. The molecule has 2 fully saturated rings. The van der Waals surface area contributed by atoms with E-state index in [2.05, 4.69) is 9.88 Å². The highest BCUT2D eigenvalue weighted by Gasteiger charge is 2.40. The number of aliphatic hydroxyl groups excluding tert-OH is 1. The van der Waals surface area contributed by atoms with Crippen LogP contribution in [0, 0.1) is 6.92 Å². The van der Waals surface area contributed by atoms with Crippen molar-refractivity contribution in [2.45, 2.75) is 50.8 Å². The van der Waals surface area contributed by atoms with Crippen LogP contribution < -0.4 is 4.90 Å². The summed E-state index contributed by atoms with van der Waals surface area (Å²) >= 11 is 0. The molecule has 2 aliphatic rings. The van der Waals surface area contributed by atoms with Crippen molar-refractivity contribution < 1.29 is 14.6 Å². The monoisotopic (exact) mass is 276 g/mol. The van der Waals surface area contributed by atoms with E-state index >= 15 is 0 Å². The molecule has 2 unspecified atom stereocenters. The van der Waals surface area contributed by atoms with Crippen LogP contribution in [-0.2, 0) is 4.74 Å². The van der Waals surface area contributed by atoms with Gasteiger partial charge >= 0.3 is 5.97 Å². The minimum Gasteiger partial charge on any atom is -0.465 e. The first-order valence-corrected chi connectivity index (χ1v) is 7.12. The number of pyridine rings is 1. The average molecular weight is 276 g/mol. The van der Waals surface area contributed by atoms with Crippen LogP contribution in [0.4, 0.5) is 5.82 Å². The zero-order valence-corrected chi connectivity index (χ0v) is 11.9. The van der Waals surface area contributed by atoms with E-state index in [4.69, 9.17) is 4.74 Å². The van der Waals surface area contributed by atoms with Crippen LogP contribution >= 0.6 is 0 Å². The minimum atomic E-state index is -0.349. The Labute approximate surface area is 118 Å². The van der Waals surface area contributed by atoms with Crippen molar-refractivity contribution in [3.63, 3.8) is 0 Å². The Bertz CT molecular complexity index is 518. The molecule has 1 aromatic rings. The van der Waals surface area contributed by atoms with Gasteiger partial charge in [0.25, 0.3) is 0 Å². The fraction of sp³-hybridized carbons (Fsp3) is 0.600. The fourth-order valence-corrected chi connectivity index (χ4v) is 3.54. The van der Waals surface area contributed by atoms with Crippen LogP contribution in [0.2, 0.25) is 0 Å². The van der Waals surface area contributed by atoms with Gasteiger partial charge in [-0.3, -0.25) is 0 Å². The summed E-state index contributed by atoms with van der Waals surface area (Å²) in [6.45, 7) is 1.83. The van der Waals surface area contributed by atoms with E-state index in [9.17, 15) is 9.90 Å². The van der Waals surface area contributed by atoms with Gasteiger partial charge in [0.15, 0.2) is 0 Å². The third-order valence-corrected chi connectivity index (χ3v) is 4.45. The molecule has 5 nitrogen and oxygen atoms in total. The van der Waals surface area contributed by atoms with Gasteiger partial charge in [-0.2, -0.15) is 0 Å². The highest BCUT2D eigenvalue weighted by molar-refractivity contribution is 5.90. The van der Waals surface area contributed by atoms with Crippen LogP contribution in [0.1, 0.15) is 41.7 Å². The van der Waals surface area contributed by atoms with Crippen LogP contribution in [0.3, 0.4) is 0 Å². The van der Waals surface area contributed by atoms with E-state index in [-0.39, 0.29) is 12.1 Å². The van der Waals surface area contributed by atoms with Gasteiger partial charge in [0.05, 0.1) is 24.5 Å². The number of esters is 1. The Morgan fingerprint density at radius 1 is 1.35 bits per heavy atom. The van der Waals surface area contributed by atoms with E-state index in [1.54, 1.807) is 6.07 Å². The maximum Gasteiger partial charge on any atom is 0.339 e. The van der Waals surface area contributed by atoms with E-state index in [0.717, 1.165) is 31.5 Å². The van der Waals surface area contributed by atoms with E-state index in [1.165, 1.54) is 7.11 Å². The summed E-state index contributed by atoms with van der Waals surface area (Å²) in [6.07, 6.45) is 3.67. The molecule has 3 heterocycles. The number of rotatable bonds is 2. The lowest BCUT2D eigenvalue weighted by Crippen LogP contribution is -2.45. The largest absolute Gasteiger partial charge is 0.465 e. The second kappa shape index (κ2) is 5.05. The molecule has 2 saturated heterocycles. The van der Waals surface area contributed by atoms with Crippen molar-refractivity contribution in [3.8, 4) is 0 Å². The number of anilines is 1. The lowest BCUT2D eigenvalue weighted by molar-refractivity contribution is 0.0599. The predicted octanol–water partition coefficient (Wildman–Crippen LogP) is 1.67. The van der Waals surface area contributed by atoms with Crippen molar-refractivity contribution >= 4 is 11.8 Å². The standard InChI is InChI=1S/C15H20N2O3/c1-9-13(15(19)20-2)5-6-14(16-9)17-10-3-4-11(17)8-12(18)7-10/h5-6,10-12,18H,3-4,7-8H2,1-2H3. The first kappa shape index (κ1) is 13.4. The second-order valence-electron chi connectivity index (χ2n) is 5.71. The Morgan fingerprint density at radius 3 is 2.55 bits per heavy atom. The van der Waals surface area contributed by atoms with Crippen LogP contribution in [0.5, 0.6) is 0 Å². The van der Waals surface area contributed by atoms with Gasteiger partial charge in [0.2, 0.25) is 0 Å². The number of hydrogen-bond acceptors (Lipinski definition) is 5. The molecule has 2 aliphatic heterocycles. The molecule has 3 rings (SSSR count). The van der Waals surface area contributed by atoms with Crippen molar-refractivity contribution in [1.29, 1.82) is 0 Å². The average Bonchev–Trinajstić information content (AvgIpc) is 2.70. The molecule has 0 amide bonds. The topological polar surface area (TPSA) is 62.7 Å². The van der Waals surface area contributed by atoms with E-state index in [0.29, 0.717) is 23.3 Å². The van der Waals surface area contributed by atoms with Crippen molar-refractivity contribution in [1.82, 2.24) is 4.98 Å². The van der Waals surface area contributed by atoms with E-state index in [1.807, 2.05) is 13.0 Å². The predicted molar refractivity (Wildman–Crippen MR) is 74.8 cm³/mol. The lowest BCUT2D eigenvalue weighted by atomic mass is 10.00. The highest BCUT2D eigenvalue weighted by atomic mass is 16.5. The number of carbonyl (C=O) groups excluding carboxylic acids is 1. The van der Waals surface area contributed by atoms with Gasteiger partial charge in [0, 0.05) is 12.1 Å². The maximum atomic E-state index is 11.6. The third kappa shape index (κ3) is 2.16. The number of hydrogen-bond donors (Lipinski definition) is 1. The molecular formula is C15H20N2O3. The van der Waals surface area contributed by atoms with Crippen molar-refractivity contribution in [2.24, 2.45) is 0 Å². The zero-order valence-electron chi connectivity index (χ0n) is 11.9. The third-order valence-electron chi connectivity index (χ3n) is 4.45. The second-order valence-corrected chi connectivity index (χ2v) is 5.71. The van der Waals surface area contributed by atoms with Gasteiger partial charge in [-0.05, 0) is 44.7 Å². The molecule has 20 heavy (non-hydrogen) atoms. The quantitative estimate of drug-likeness (QED) is 0.832. The molecule has 108 valence electrons. The van der Waals surface area contributed by atoms with Crippen LogP contribution in [0.25, 0.3) is 0 Å². The highest BCUT2D eigenvalue weighted by Crippen LogP contribution is 2.38. The molecule has 2 atom stereocenters. The van der Waals surface area contributed by atoms with Gasteiger partial charge < -0.3 is 14.7 Å². The maximum absolute atomic E-state index is 11.6. The Hall–Kier alpha value is -1.62. The van der Waals surface area contributed by atoms with Gasteiger partial charge in [-0.1, -0.05) is 0 Å². The summed E-state index contributed by atoms with van der Waals surface area (Å²) in [7, 11) is 1.38. The number of carbonyl (C=O) groups is 1. The molecule has 0 aliphatic carbocycles. The molecule has 0 aromatic carbocycles. The number of aryl methyl sites for hydroxylation is 1. The Kier molecular flexibility index (Phi) is 3.38. The molecule has 0 saturated carbocycles. The van der Waals surface area contributed by atoms with Gasteiger partial charge in [-0.25, -0.2) is 9.78 Å². The summed E-state index contributed by atoms with van der Waals surface area (Å²) < 4.78 is 4.75. The molecular weight excluding hydrogens is 256 g/mol. The van der Waals surface area contributed by atoms with Gasteiger partial charge in [-0.15, -0.1) is 0 Å². The molecule has 0 radical (unpaired) electrons. The summed E-state index contributed by atoms with van der Waals surface area (Å²) in [5, 5.41) is 9.85.